The summed E-state index contributed by atoms with van der Waals surface area (Å²) >= 11 is 0. The Balaban J connectivity index is 2.23. The van der Waals surface area contributed by atoms with E-state index in [0.717, 1.165) is 4.90 Å². The van der Waals surface area contributed by atoms with Gasteiger partial charge in [0.2, 0.25) is 11.8 Å². The van der Waals surface area contributed by atoms with E-state index in [-0.39, 0.29) is 12.2 Å². The third kappa shape index (κ3) is 1.64. The highest BCUT2D eigenvalue weighted by Gasteiger charge is 2.34. The number of piperazine rings is 1. The normalized spacial score (nSPS) is 20.8. The number of H-pyrrole nitrogens is 1. The summed E-state index contributed by atoms with van der Waals surface area (Å²) in [6.45, 7) is 1.39. The number of nitrogens with one attached hydrogen (secondary N) is 2. The molecule has 3 amide bonds. The van der Waals surface area contributed by atoms with Gasteiger partial charge in [-0.05, 0) is 6.92 Å². The van der Waals surface area contributed by atoms with Crippen LogP contribution in [-0.2, 0) is 9.59 Å². The van der Waals surface area contributed by atoms with Gasteiger partial charge >= 0.3 is 0 Å². The molecule has 1 aromatic heterocycles. The van der Waals surface area contributed by atoms with Gasteiger partial charge < -0.3 is 4.90 Å². The minimum atomic E-state index is -0.693. The molecule has 1 aliphatic heterocycles. The summed E-state index contributed by atoms with van der Waals surface area (Å²) < 4.78 is 0. The molecule has 1 aliphatic rings. The summed E-state index contributed by atoms with van der Waals surface area (Å²) in [5, 5.41) is 11.5. The number of nitrogens with zero attached hydrogens (tertiary/aromatic N) is 3. The van der Waals surface area contributed by atoms with Crippen LogP contribution in [0.1, 0.15) is 17.4 Å². The van der Waals surface area contributed by atoms with Gasteiger partial charge in [0.05, 0.1) is 6.20 Å². The lowest BCUT2D eigenvalue weighted by Crippen LogP contribution is -2.58. The van der Waals surface area contributed by atoms with Gasteiger partial charge in [-0.1, -0.05) is 0 Å². The maximum absolute atomic E-state index is 11.8. The molecule has 8 heteroatoms. The molecular formula is C8H9N5O3. The van der Waals surface area contributed by atoms with E-state index in [2.05, 4.69) is 20.7 Å². The zero-order valence-corrected chi connectivity index (χ0v) is 8.43. The van der Waals surface area contributed by atoms with Crippen molar-refractivity contribution in [2.45, 2.75) is 13.0 Å². The lowest BCUT2D eigenvalue weighted by atomic mass is 10.2. The Morgan fingerprint density at radius 2 is 2.31 bits per heavy atom. The number of aromatic nitrogens is 3. The first-order valence-electron chi connectivity index (χ1n) is 4.60. The van der Waals surface area contributed by atoms with Gasteiger partial charge in [-0.25, -0.2) is 0 Å². The minimum Gasteiger partial charge on any atom is -0.316 e. The number of aromatic amines is 1. The second-order valence-electron chi connectivity index (χ2n) is 3.38. The monoisotopic (exact) mass is 223 g/mol. The van der Waals surface area contributed by atoms with Crippen molar-refractivity contribution < 1.29 is 14.4 Å². The first-order valence-corrected chi connectivity index (χ1v) is 4.60. The van der Waals surface area contributed by atoms with E-state index in [1.807, 2.05) is 0 Å². The molecule has 1 saturated heterocycles. The molecule has 8 nitrogen and oxygen atoms in total. The molecule has 1 atom stereocenters. The van der Waals surface area contributed by atoms with Crippen LogP contribution >= 0.6 is 0 Å². The van der Waals surface area contributed by atoms with Crippen LogP contribution in [0.2, 0.25) is 0 Å². The van der Waals surface area contributed by atoms with Crippen LogP contribution in [0.25, 0.3) is 0 Å². The number of hydrogen-bond acceptors (Lipinski definition) is 5. The molecule has 2 N–H and O–H groups in total. The van der Waals surface area contributed by atoms with Crippen molar-refractivity contribution in [3.63, 3.8) is 0 Å². The molecule has 2 rings (SSSR count). The van der Waals surface area contributed by atoms with Crippen LogP contribution in [0.4, 0.5) is 0 Å². The van der Waals surface area contributed by atoms with E-state index in [9.17, 15) is 14.4 Å². The maximum Gasteiger partial charge on any atom is 0.277 e. The Hall–Kier alpha value is -2.25. The highest BCUT2D eigenvalue weighted by molar-refractivity contribution is 6.06. The summed E-state index contributed by atoms with van der Waals surface area (Å²) in [5.41, 5.74) is 0.0781. The topological polar surface area (TPSA) is 108 Å². The van der Waals surface area contributed by atoms with Gasteiger partial charge in [-0.3, -0.25) is 19.7 Å². The highest BCUT2D eigenvalue weighted by Crippen LogP contribution is 2.08. The minimum absolute atomic E-state index is 0.0781. The summed E-state index contributed by atoms with van der Waals surface area (Å²) in [6, 6.07) is -0.693. The number of rotatable bonds is 1. The predicted octanol–water partition coefficient (Wildman–Crippen LogP) is -1.71. The molecule has 2 heterocycles. The van der Waals surface area contributed by atoms with Crippen LogP contribution in [0, 0.1) is 0 Å². The Kier molecular flexibility index (Phi) is 2.39. The second kappa shape index (κ2) is 3.72. The lowest BCUT2D eigenvalue weighted by molar-refractivity contribution is -0.138. The van der Waals surface area contributed by atoms with Crippen LogP contribution < -0.4 is 5.32 Å². The fourth-order valence-corrected chi connectivity index (χ4v) is 1.41. The summed E-state index contributed by atoms with van der Waals surface area (Å²) in [7, 11) is 0. The van der Waals surface area contributed by atoms with Crippen molar-refractivity contribution in [2.75, 3.05) is 6.54 Å². The van der Waals surface area contributed by atoms with Crippen molar-refractivity contribution in [1.29, 1.82) is 0 Å². The molecule has 0 spiro atoms. The van der Waals surface area contributed by atoms with E-state index in [0.29, 0.717) is 0 Å². The van der Waals surface area contributed by atoms with Gasteiger partial charge in [0, 0.05) is 0 Å². The standard InChI is InChI=1S/C8H9N5O3/c1-4-7(15)10-6(14)3-13(4)8(16)5-2-9-12-11-5/h2,4H,3H2,1H3,(H,9,11,12)(H,10,14,15). The molecular weight excluding hydrogens is 214 g/mol. The fraction of sp³-hybridized carbons (Fsp3) is 0.375. The van der Waals surface area contributed by atoms with Gasteiger partial charge in [0.25, 0.3) is 5.91 Å². The number of carbonyl (C=O) groups excluding carboxylic acids is 3. The summed E-state index contributed by atoms with van der Waals surface area (Å²) in [4.78, 5) is 35.4. The lowest BCUT2D eigenvalue weighted by Gasteiger charge is -2.30. The Labute approximate surface area is 90.0 Å². The average molecular weight is 223 g/mol. The van der Waals surface area contributed by atoms with Gasteiger partial charge in [0.15, 0.2) is 5.69 Å². The molecule has 0 aromatic carbocycles. The maximum atomic E-state index is 11.8. The zero-order chi connectivity index (χ0) is 11.7. The molecule has 16 heavy (non-hydrogen) atoms. The van der Waals surface area contributed by atoms with E-state index in [4.69, 9.17) is 0 Å². The van der Waals surface area contributed by atoms with Gasteiger partial charge in [-0.2, -0.15) is 15.4 Å². The van der Waals surface area contributed by atoms with Crippen LogP contribution in [-0.4, -0.2) is 50.6 Å². The van der Waals surface area contributed by atoms with Gasteiger partial charge in [0.1, 0.15) is 12.6 Å². The first-order chi connectivity index (χ1) is 7.59. The third-order valence-electron chi connectivity index (χ3n) is 2.32. The van der Waals surface area contributed by atoms with E-state index >= 15 is 0 Å². The predicted molar refractivity (Wildman–Crippen MR) is 50.0 cm³/mol. The van der Waals surface area contributed by atoms with Crippen LogP contribution in [0.5, 0.6) is 0 Å². The highest BCUT2D eigenvalue weighted by atomic mass is 16.2. The number of carbonyl (C=O) groups is 3. The van der Waals surface area contributed by atoms with Crippen molar-refractivity contribution in [3.05, 3.63) is 11.9 Å². The van der Waals surface area contributed by atoms with Crippen molar-refractivity contribution in [3.8, 4) is 0 Å². The van der Waals surface area contributed by atoms with Crippen LogP contribution in [0.3, 0.4) is 0 Å². The zero-order valence-electron chi connectivity index (χ0n) is 8.43. The fourth-order valence-electron chi connectivity index (χ4n) is 1.41. The first kappa shape index (κ1) is 10.3. The number of hydrogen-bond donors (Lipinski definition) is 2. The molecule has 0 aliphatic carbocycles. The molecule has 0 bridgehead atoms. The Bertz CT molecular complexity index is 441. The second-order valence-corrected chi connectivity index (χ2v) is 3.38. The number of amides is 3. The van der Waals surface area contributed by atoms with E-state index < -0.39 is 23.8 Å². The number of imide groups is 1. The molecule has 1 fully saturated rings. The van der Waals surface area contributed by atoms with Crippen molar-refractivity contribution in [1.82, 2.24) is 25.6 Å². The molecule has 84 valence electrons. The Morgan fingerprint density at radius 1 is 1.56 bits per heavy atom. The molecule has 0 radical (unpaired) electrons. The Morgan fingerprint density at radius 3 is 2.94 bits per heavy atom. The largest absolute Gasteiger partial charge is 0.316 e. The summed E-state index contributed by atoms with van der Waals surface area (Å²) in [6.07, 6.45) is 1.24. The SMILES string of the molecule is CC1C(=O)NC(=O)CN1C(=O)c1cn[nH]n1. The van der Waals surface area contributed by atoms with Gasteiger partial charge in [-0.15, -0.1) is 0 Å². The average Bonchev–Trinajstić information content (AvgIpc) is 2.75. The smallest absolute Gasteiger partial charge is 0.277 e. The van der Waals surface area contributed by atoms with Crippen LogP contribution in [0.15, 0.2) is 6.20 Å². The third-order valence-corrected chi connectivity index (χ3v) is 2.32. The quantitative estimate of drug-likeness (QED) is 0.551. The molecule has 1 aromatic rings. The molecule has 1 unspecified atom stereocenters. The molecule has 0 saturated carbocycles. The van der Waals surface area contributed by atoms with E-state index in [1.54, 1.807) is 6.92 Å². The van der Waals surface area contributed by atoms with E-state index in [1.165, 1.54) is 6.20 Å². The van der Waals surface area contributed by atoms with Crippen molar-refractivity contribution in [2.24, 2.45) is 0 Å². The summed E-state index contributed by atoms with van der Waals surface area (Å²) in [5.74, 6) is -1.49. The van der Waals surface area contributed by atoms with Crippen molar-refractivity contribution >= 4 is 17.7 Å².